The molecule has 1 unspecified atom stereocenters. The Bertz CT molecular complexity index is 423. The quantitative estimate of drug-likeness (QED) is 0.788. The zero-order valence-electron chi connectivity index (χ0n) is 10.6. The molecule has 0 radical (unpaired) electrons. The lowest BCUT2D eigenvalue weighted by Crippen LogP contribution is -2.40. The van der Waals surface area contributed by atoms with Gasteiger partial charge in [-0.05, 0) is 62.8 Å². The molecule has 0 amide bonds. The van der Waals surface area contributed by atoms with Crippen molar-refractivity contribution in [3.63, 3.8) is 0 Å². The molecular weight excluding hydrogens is 200 g/mol. The third kappa shape index (κ3) is 1.71. The van der Waals surface area contributed by atoms with Crippen molar-refractivity contribution in [3.8, 4) is 5.75 Å². The maximum atomic E-state index is 9.38. The molecule has 0 aromatic heterocycles. The Labute approximate surface area is 97.3 Å². The van der Waals surface area contributed by atoms with E-state index in [4.69, 9.17) is 4.74 Å². The predicted molar refractivity (Wildman–Crippen MR) is 65.1 cm³/mol. The molecule has 1 N–H and O–H groups in total. The van der Waals surface area contributed by atoms with E-state index in [-0.39, 0.29) is 6.61 Å². The molecule has 2 rings (SSSR count). The van der Waals surface area contributed by atoms with Gasteiger partial charge in [-0.2, -0.15) is 0 Å². The molecule has 0 fully saturated rings. The molecule has 1 aromatic carbocycles. The second-order valence-electron chi connectivity index (χ2n) is 5.15. The average Bonchev–Trinajstić information content (AvgIpc) is 2.26. The fourth-order valence-corrected chi connectivity index (χ4v) is 2.35. The van der Waals surface area contributed by atoms with Crippen LogP contribution in [0.4, 0.5) is 0 Å². The first-order valence-corrected chi connectivity index (χ1v) is 5.86. The summed E-state index contributed by atoms with van der Waals surface area (Å²) in [5, 5.41) is 9.38. The summed E-state index contributed by atoms with van der Waals surface area (Å²) in [6.07, 6.45) is 1.89. The Kier molecular flexibility index (Phi) is 2.70. The van der Waals surface area contributed by atoms with Gasteiger partial charge in [-0.1, -0.05) is 6.07 Å². The Morgan fingerprint density at radius 2 is 2.00 bits per heavy atom. The van der Waals surface area contributed by atoms with E-state index in [0.717, 1.165) is 18.6 Å². The van der Waals surface area contributed by atoms with Gasteiger partial charge < -0.3 is 9.84 Å². The fraction of sp³-hybridized carbons (Fsp3) is 0.571. The second kappa shape index (κ2) is 3.77. The predicted octanol–water partition coefficient (Wildman–Crippen LogP) is 2.69. The lowest BCUT2D eigenvalue weighted by Gasteiger charge is -2.36. The molecule has 2 nitrogen and oxygen atoms in total. The topological polar surface area (TPSA) is 29.5 Å². The van der Waals surface area contributed by atoms with Gasteiger partial charge in [0.2, 0.25) is 0 Å². The van der Waals surface area contributed by atoms with Crippen molar-refractivity contribution in [1.29, 1.82) is 0 Å². The Balaban J connectivity index is 2.52. The SMILES string of the molecule is Cc1cc(C)c2c(c1C)OC(C)(CO)CC2. The summed E-state index contributed by atoms with van der Waals surface area (Å²) in [5.74, 6) is 1.00. The van der Waals surface area contributed by atoms with Crippen LogP contribution in [-0.2, 0) is 6.42 Å². The van der Waals surface area contributed by atoms with Crippen molar-refractivity contribution in [2.24, 2.45) is 0 Å². The van der Waals surface area contributed by atoms with Crippen molar-refractivity contribution < 1.29 is 9.84 Å². The average molecular weight is 220 g/mol. The van der Waals surface area contributed by atoms with Gasteiger partial charge in [0.1, 0.15) is 11.4 Å². The minimum absolute atomic E-state index is 0.0822. The summed E-state index contributed by atoms with van der Waals surface area (Å²) >= 11 is 0. The van der Waals surface area contributed by atoms with Gasteiger partial charge in [0.25, 0.3) is 0 Å². The van der Waals surface area contributed by atoms with Crippen LogP contribution in [0.2, 0.25) is 0 Å². The Morgan fingerprint density at radius 1 is 1.31 bits per heavy atom. The monoisotopic (exact) mass is 220 g/mol. The highest BCUT2D eigenvalue weighted by Crippen LogP contribution is 2.38. The molecule has 16 heavy (non-hydrogen) atoms. The number of ether oxygens (including phenoxy) is 1. The van der Waals surface area contributed by atoms with Crippen molar-refractivity contribution in [3.05, 3.63) is 28.3 Å². The second-order valence-corrected chi connectivity index (χ2v) is 5.15. The van der Waals surface area contributed by atoms with E-state index >= 15 is 0 Å². The smallest absolute Gasteiger partial charge is 0.129 e. The first-order chi connectivity index (χ1) is 7.47. The van der Waals surface area contributed by atoms with E-state index in [2.05, 4.69) is 26.8 Å². The molecule has 1 aromatic rings. The maximum Gasteiger partial charge on any atom is 0.129 e. The number of fused-ring (bicyclic) bond motifs is 1. The van der Waals surface area contributed by atoms with Crippen LogP contribution < -0.4 is 4.74 Å². The molecule has 0 bridgehead atoms. The van der Waals surface area contributed by atoms with Crippen molar-refractivity contribution in [1.82, 2.24) is 0 Å². The van der Waals surface area contributed by atoms with Crippen molar-refractivity contribution in [2.45, 2.75) is 46.1 Å². The lowest BCUT2D eigenvalue weighted by atomic mass is 9.88. The van der Waals surface area contributed by atoms with Gasteiger partial charge >= 0.3 is 0 Å². The normalized spacial score (nSPS) is 23.8. The van der Waals surface area contributed by atoms with Crippen LogP contribution in [-0.4, -0.2) is 17.3 Å². The Morgan fingerprint density at radius 3 is 2.62 bits per heavy atom. The number of hydrogen-bond donors (Lipinski definition) is 1. The van der Waals surface area contributed by atoms with E-state index in [9.17, 15) is 5.11 Å². The van der Waals surface area contributed by atoms with Gasteiger partial charge in [0.15, 0.2) is 0 Å². The summed E-state index contributed by atoms with van der Waals surface area (Å²) in [5.41, 5.74) is 4.68. The van der Waals surface area contributed by atoms with E-state index in [0.29, 0.717) is 0 Å². The molecule has 1 heterocycles. The fourth-order valence-electron chi connectivity index (χ4n) is 2.35. The molecule has 0 saturated carbocycles. The molecule has 88 valence electrons. The zero-order valence-corrected chi connectivity index (χ0v) is 10.6. The molecule has 0 spiro atoms. The minimum atomic E-state index is -0.405. The van der Waals surface area contributed by atoms with E-state index in [1.165, 1.54) is 22.3 Å². The van der Waals surface area contributed by atoms with E-state index < -0.39 is 5.60 Å². The largest absolute Gasteiger partial charge is 0.485 e. The molecule has 0 saturated heterocycles. The third-order valence-corrected chi connectivity index (χ3v) is 3.70. The highest BCUT2D eigenvalue weighted by Gasteiger charge is 2.32. The molecule has 2 heteroatoms. The first kappa shape index (κ1) is 11.5. The van der Waals surface area contributed by atoms with Crippen LogP contribution in [0.25, 0.3) is 0 Å². The van der Waals surface area contributed by atoms with E-state index in [1.54, 1.807) is 0 Å². The van der Waals surface area contributed by atoms with Gasteiger partial charge in [-0.15, -0.1) is 0 Å². The van der Waals surface area contributed by atoms with Crippen LogP contribution in [0.3, 0.4) is 0 Å². The van der Waals surface area contributed by atoms with Gasteiger partial charge in [0, 0.05) is 0 Å². The highest BCUT2D eigenvalue weighted by molar-refractivity contribution is 5.51. The Hall–Kier alpha value is -1.02. The third-order valence-electron chi connectivity index (χ3n) is 3.70. The highest BCUT2D eigenvalue weighted by atomic mass is 16.5. The molecule has 1 atom stereocenters. The van der Waals surface area contributed by atoms with Crippen LogP contribution in [0.15, 0.2) is 6.07 Å². The number of aryl methyl sites for hydroxylation is 2. The number of aliphatic hydroxyl groups is 1. The summed E-state index contributed by atoms with van der Waals surface area (Å²) < 4.78 is 6.01. The van der Waals surface area contributed by atoms with Crippen molar-refractivity contribution >= 4 is 0 Å². The summed E-state index contributed by atoms with van der Waals surface area (Å²) in [6, 6.07) is 2.22. The standard InChI is InChI=1S/C14H20O2/c1-9-7-10(2)12-5-6-14(4,8-15)16-13(12)11(9)3/h7,15H,5-6,8H2,1-4H3. The molecule has 0 aliphatic carbocycles. The zero-order chi connectivity index (χ0) is 11.9. The van der Waals surface area contributed by atoms with Gasteiger partial charge in [-0.3, -0.25) is 0 Å². The summed E-state index contributed by atoms with van der Waals surface area (Å²) in [6.45, 7) is 8.40. The summed E-state index contributed by atoms with van der Waals surface area (Å²) in [7, 11) is 0. The number of aliphatic hydroxyl groups excluding tert-OH is 1. The molecule has 1 aliphatic rings. The number of benzene rings is 1. The van der Waals surface area contributed by atoms with Crippen LogP contribution >= 0.6 is 0 Å². The van der Waals surface area contributed by atoms with Crippen LogP contribution in [0.1, 0.15) is 35.6 Å². The number of hydrogen-bond acceptors (Lipinski definition) is 2. The lowest BCUT2D eigenvalue weighted by molar-refractivity contribution is 0.00730. The van der Waals surface area contributed by atoms with Crippen molar-refractivity contribution in [2.75, 3.05) is 6.61 Å². The van der Waals surface area contributed by atoms with Crippen LogP contribution in [0.5, 0.6) is 5.75 Å². The maximum absolute atomic E-state index is 9.38. The van der Waals surface area contributed by atoms with E-state index in [1.807, 2.05) is 6.92 Å². The first-order valence-electron chi connectivity index (χ1n) is 5.86. The van der Waals surface area contributed by atoms with Gasteiger partial charge in [0.05, 0.1) is 6.61 Å². The molecule has 1 aliphatic heterocycles. The van der Waals surface area contributed by atoms with Crippen LogP contribution in [0, 0.1) is 20.8 Å². The molecular formula is C14H20O2. The summed E-state index contributed by atoms with van der Waals surface area (Å²) in [4.78, 5) is 0. The minimum Gasteiger partial charge on any atom is -0.485 e. The number of rotatable bonds is 1. The van der Waals surface area contributed by atoms with Gasteiger partial charge in [-0.25, -0.2) is 0 Å².